The maximum absolute atomic E-state index is 11.3. The Labute approximate surface area is 87.0 Å². The molecule has 0 fully saturated rings. The first-order valence-corrected chi connectivity index (χ1v) is 5.08. The molecule has 0 aromatic carbocycles. The third kappa shape index (κ3) is 9.26. The van der Waals surface area contributed by atoms with E-state index < -0.39 is 0 Å². The minimum Gasteiger partial charge on any atom is -0.355 e. The molecule has 82 valence electrons. The number of hydrogen-bond donors (Lipinski definition) is 2. The van der Waals surface area contributed by atoms with Crippen LogP contribution in [0.3, 0.4) is 0 Å². The molecule has 0 aliphatic carbocycles. The SMILES string of the molecule is C/C=C/CCNC(=O)CNC(C)(C)C. The molecule has 0 saturated heterocycles. The van der Waals surface area contributed by atoms with Crippen LogP contribution in [0.1, 0.15) is 34.1 Å². The molecule has 1 amide bonds. The van der Waals surface area contributed by atoms with E-state index in [0.29, 0.717) is 6.54 Å². The van der Waals surface area contributed by atoms with Crippen LogP contribution in [0.2, 0.25) is 0 Å². The Kier molecular flexibility index (Phi) is 6.21. The number of nitrogens with one attached hydrogen (secondary N) is 2. The fourth-order valence-electron chi connectivity index (χ4n) is 0.870. The average molecular weight is 198 g/mol. The smallest absolute Gasteiger partial charge is 0.233 e. The van der Waals surface area contributed by atoms with Gasteiger partial charge in [-0.15, -0.1) is 0 Å². The molecule has 0 heterocycles. The molecule has 0 spiro atoms. The second-order valence-electron chi connectivity index (χ2n) is 4.31. The van der Waals surface area contributed by atoms with Crippen LogP contribution in [0.5, 0.6) is 0 Å². The monoisotopic (exact) mass is 198 g/mol. The Balaban J connectivity index is 3.47. The maximum atomic E-state index is 11.3. The van der Waals surface area contributed by atoms with Gasteiger partial charge in [0.2, 0.25) is 5.91 Å². The van der Waals surface area contributed by atoms with Crippen LogP contribution in [0.25, 0.3) is 0 Å². The molecular weight excluding hydrogens is 176 g/mol. The van der Waals surface area contributed by atoms with E-state index in [9.17, 15) is 4.79 Å². The van der Waals surface area contributed by atoms with E-state index in [0.717, 1.165) is 13.0 Å². The number of carbonyl (C=O) groups is 1. The number of rotatable bonds is 5. The molecule has 3 heteroatoms. The molecule has 0 saturated carbocycles. The van der Waals surface area contributed by atoms with E-state index in [-0.39, 0.29) is 11.4 Å². The third-order valence-corrected chi connectivity index (χ3v) is 1.65. The van der Waals surface area contributed by atoms with Gasteiger partial charge in [0.05, 0.1) is 6.54 Å². The van der Waals surface area contributed by atoms with Crippen molar-refractivity contribution in [2.45, 2.75) is 39.7 Å². The molecule has 2 N–H and O–H groups in total. The lowest BCUT2D eigenvalue weighted by molar-refractivity contribution is -0.120. The van der Waals surface area contributed by atoms with Crippen molar-refractivity contribution in [1.82, 2.24) is 10.6 Å². The molecule has 0 aliphatic rings. The van der Waals surface area contributed by atoms with Crippen molar-refractivity contribution in [3.8, 4) is 0 Å². The van der Waals surface area contributed by atoms with E-state index in [4.69, 9.17) is 0 Å². The van der Waals surface area contributed by atoms with Gasteiger partial charge in [0.25, 0.3) is 0 Å². The molecule has 0 aromatic heterocycles. The summed E-state index contributed by atoms with van der Waals surface area (Å²) in [5, 5.41) is 5.97. The molecule has 0 aromatic rings. The van der Waals surface area contributed by atoms with Crippen molar-refractivity contribution >= 4 is 5.91 Å². The fourth-order valence-corrected chi connectivity index (χ4v) is 0.870. The van der Waals surface area contributed by atoms with E-state index in [1.165, 1.54) is 0 Å². The minimum atomic E-state index is 0.000656. The summed E-state index contributed by atoms with van der Waals surface area (Å²) in [6, 6.07) is 0. The molecule has 0 radical (unpaired) electrons. The number of amides is 1. The molecule has 0 unspecified atom stereocenters. The highest BCUT2D eigenvalue weighted by Crippen LogP contribution is 1.96. The molecule has 14 heavy (non-hydrogen) atoms. The summed E-state index contributed by atoms with van der Waals surface area (Å²) in [4.78, 5) is 11.3. The summed E-state index contributed by atoms with van der Waals surface area (Å²) in [7, 11) is 0. The van der Waals surface area contributed by atoms with Gasteiger partial charge in [0.1, 0.15) is 0 Å². The van der Waals surface area contributed by atoms with Crippen LogP contribution in [-0.2, 0) is 4.79 Å². The van der Waals surface area contributed by atoms with Crippen molar-refractivity contribution < 1.29 is 4.79 Å². The second kappa shape index (κ2) is 6.60. The highest BCUT2D eigenvalue weighted by molar-refractivity contribution is 5.78. The predicted octanol–water partition coefficient (Wildman–Crippen LogP) is 1.46. The molecule has 0 atom stereocenters. The van der Waals surface area contributed by atoms with Crippen LogP contribution in [0, 0.1) is 0 Å². The molecule has 3 nitrogen and oxygen atoms in total. The van der Waals surface area contributed by atoms with Gasteiger partial charge < -0.3 is 10.6 Å². The first-order chi connectivity index (χ1) is 6.45. The zero-order valence-electron chi connectivity index (χ0n) is 9.68. The first-order valence-electron chi connectivity index (χ1n) is 5.08. The summed E-state index contributed by atoms with van der Waals surface area (Å²) >= 11 is 0. The van der Waals surface area contributed by atoms with Gasteiger partial charge in [-0.05, 0) is 34.1 Å². The van der Waals surface area contributed by atoms with Gasteiger partial charge in [-0.1, -0.05) is 12.2 Å². The van der Waals surface area contributed by atoms with Gasteiger partial charge >= 0.3 is 0 Å². The van der Waals surface area contributed by atoms with Gasteiger partial charge in [-0.25, -0.2) is 0 Å². The summed E-state index contributed by atoms with van der Waals surface area (Å²) in [5.74, 6) is 0.0597. The topological polar surface area (TPSA) is 41.1 Å². The summed E-state index contributed by atoms with van der Waals surface area (Å²) < 4.78 is 0. The summed E-state index contributed by atoms with van der Waals surface area (Å²) in [6.07, 6.45) is 4.93. The number of carbonyl (C=O) groups excluding carboxylic acids is 1. The van der Waals surface area contributed by atoms with E-state index in [2.05, 4.69) is 10.6 Å². The van der Waals surface area contributed by atoms with Gasteiger partial charge in [0.15, 0.2) is 0 Å². The van der Waals surface area contributed by atoms with Crippen molar-refractivity contribution in [1.29, 1.82) is 0 Å². The zero-order chi connectivity index (χ0) is 11.0. The maximum Gasteiger partial charge on any atom is 0.233 e. The highest BCUT2D eigenvalue weighted by atomic mass is 16.1. The van der Waals surface area contributed by atoms with E-state index >= 15 is 0 Å². The Morgan fingerprint density at radius 3 is 2.50 bits per heavy atom. The summed E-state index contributed by atoms with van der Waals surface area (Å²) in [5.41, 5.74) is 0.000656. The predicted molar refractivity (Wildman–Crippen MR) is 60.2 cm³/mol. The lowest BCUT2D eigenvalue weighted by Gasteiger charge is -2.19. The first kappa shape index (κ1) is 13.2. The van der Waals surface area contributed by atoms with E-state index in [1.54, 1.807) is 0 Å². The Bertz CT molecular complexity index is 192. The minimum absolute atomic E-state index is 0.000656. The molecule has 0 aliphatic heterocycles. The highest BCUT2D eigenvalue weighted by Gasteiger charge is 2.10. The van der Waals surface area contributed by atoms with Crippen molar-refractivity contribution in [2.75, 3.05) is 13.1 Å². The van der Waals surface area contributed by atoms with Gasteiger partial charge in [0, 0.05) is 12.1 Å². The molecular formula is C11H22N2O. The van der Waals surface area contributed by atoms with E-state index in [1.807, 2.05) is 39.8 Å². The fraction of sp³-hybridized carbons (Fsp3) is 0.727. The second-order valence-corrected chi connectivity index (χ2v) is 4.31. The summed E-state index contributed by atoms with van der Waals surface area (Å²) in [6.45, 7) is 9.21. The Hall–Kier alpha value is -0.830. The van der Waals surface area contributed by atoms with Crippen LogP contribution >= 0.6 is 0 Å². The normalized spacial score (nSPS) is 12.0. The largest absolute Gasteiger partial charge is 0.355 e. The van der Waals surface area contributed by atoms with Crippen molar-refractivity contribution in [2.24, 2.45) is 0 Å². The molecule has 0 bridgehead atoms. The van der Waals surface area contributed by atoms with Crippen molar-refractivity contribution in [3.63, 3.8) is 0 Å². The third-order valence-electron chi connectivity index (χ3n) is 1.65. The average Bonchev–Trinajstić information content (AvgIpc) is 2.08. The van der Waals surface area contributed by atoms with Crippen LogP contribution in [0.4, 0.5) is 0 Å². The zero-order valence-corrected chi connectivity index (χ0v) is 9.68. The Morgan fingerprint density at radius 2 is 2.00 bits per heavy atom. The number of allylic oxidation sites excluding steroid dienone is 1. The van der Waals surface area contributed by atoms with Crippen LogP contribution < -0.4 is 10.6 Å². The van der Waals surface area contributed by atoms with Gasteiger partial charge in [-0.3, -0.25) is 4.79 Å². The van der Waals surface area contributed by atoms with Crippen LogP contribution in [0.15, 0.2) is 12.2 Å². The number of hydrogen-bond acceptors (Lipinski definition) is 2. The Morgan fingerprint density at radius 1 is 1.36 bits per heavy atom. The van der Waals surface area contributed by atoms with Gasteiger partial charge in [-0.2, -0.15) is 0 Å². The lowest BCUT2D eigenvalue weighted by atomic mass is 10.1. The molecule has 0 rings (SSSR count). The quantitative estimate of drug-likeness (QED) is 0.518. The lowest BCUT2D eigenvalue weighted by Crippen LogP contribution is -2.43. The standard InChI is InChI=1S/C11H22N2O/c1-5-6-7-8-12-10(14)9-13-11(2,3)4/h5-6,13H,7-9H2,1-4H3,(H,12,14)/b6-5+. The van der Waals surface area contributed by atoms with Crippen LogP contribution in [-0.4, -0.2) is 24.5 Å². The van der Waals surface area contributed by atoms with Crippen molar-refractivity contribution in [3.05, 3.63) is 12.2 Å².